The van der Waals surface area contributed by atoms with Crippen molar-refractivity contribution in [3.05, 3.63) is 120 Å². The minimum Gasteiger partial charge on any atom is -0.508 e. The Hall–Kier alpha value is -0.637. The van der Waals surface area contributed by atoms with Crippen LogP contribution in [0.2, 0.25) is 0 Å². The molecule has 2 N–H and O–H groups in total. The molecule has 0 saturated heterocycles. The van der Waals surface area contributed by atoms with Crippen LogP contribution in [0, 0.1) is 0 Å². The largest absolute Gasteiger partial charge is 2.00 e. The zero-order valence-corrected chi connectivity index (χ0v) is 24.0. The van der Waals surface area contributed by atoms with Gasteiger partial charge < -0.3 is 10.2 Å². The van der Waals surface area contributed by atoms with Crippen molar-refractivity contribution < 1.29 is 36.4 Å². The molecule has 0 aromatic heterocycles. The second-order valence-corrected chi connectivity index (χ2v) is 10.6. The Kier molecular flexibility index (Phi) is 16.6. The number of aromatic hydroxyl groups is 2. The summed E-state index contributed by atoms with van der Waals surface area (Å²) in [6, 6.07) is 32.3. The molecule has 33 heavy (non-hydrogen) atoms. The number of hydrogen-bond donors (Lipinski definition) is 2. The predicted molar refractivity (Wildman–Crippen MR) is 139 cm³/mol. The first-order valence-electron chi connectivity index (χ1n) is 9.06. The minimum atomic E-state index is -1.46. The maximum Gasteiger partial charge on any atom is 2.00 e. The zero-order valence-electron chi connectivity index (χ0n) is 17.1. The van der Waals surface area contributed by atoms with Crippen LogP contribution in [0.25, 0.3) is 0 Å². The van der Waals surface area contributed by atoms with E-state index in [-0.39, 0.29) is 37.7 Å². The van der Waals surface area contributed by atoms with E-state index in [0.29, 0.717) is 11.1 Å². The van der Waals surface area contributed by atoms with E-state index in [1.165, 1.54) is 24.3 Å². The molecule has 0 radical (unpaired) electrons. The molecular weight excluding hydrogens is 624 g/mol. The number of benzene rings is 2. The summed E-state index contributed by atoms with van der Waals surface area (Å²) in [5.74, 6) is 0.183. The molecule has 0 amide bonds. The third-order valence-electron chi connectivity index (χ3n) is 3.46. The Morgan fingerprint density at radius 2 is 0.818 bits per heavy atom. The van der Waals surface area contributed by atoms with Crippen LogP contribution in [0.15, 0.2) is 109 Å². The van der Waals surface area contributed by atoms with Crippen molar-refractivity contribution >= 4 is 69.6 Å². The van der Waals surface area contributed by atoms with E-state index in [0.717, 1.165) is 0 Å². The number of halogens is 6. The van der Waals surface area contributed by atoms with Gasteiger partial charge in [-0.25, -0.2) is 24.3 Å². The van der Waals surface area contributed by atoms with Gasteiger partial charge in [-0.15, -0.1) is 0 Å². The number of phenolic OH excluding ortho intramolecular Hbond substituents is 2. The molecule has 0 aliphatic rings. The Balaban J connectivity index is 0.000000434. The molecular formula is C24H20Cl6O2Zr. The van der Waals surface area contributed by atoms with Gasteiger partial charge in [-0.2, -0.15) is 36.4 Å². The normalized spacial score (nSPS) is 10.1. The van der Waals surface area contributed by atoms with E-state index >= 15 is 0 Å². The van der Waals surface area contributed by atoms with E-state index in [9.17, 15) is 0 Å². The summed E-state index contributed by atoms with van der Waals surface area (Å²) in [5.41, 5.74) is 0.921. The summed E-state index contributed by atoms with van der Waals surface area (Å²) < 4.78 is -2.92. The van der Waals surface area contributed by atoms with Crippen molar-refractivity contribution in [3.63, 3.8) is 0 Å². The van der Waals surface area contributed by atoms with Crippen LogP contribution in [0.4, 0.5) is 0 Å². The van der Waals surface area contributed by atoms with Crippen LogP contribution >= 0.6 is 69.6 Å². The number of alkyl halides is 6. The SMILES string of the molecule is Oc1cccc(C(Cl)(Cl)Cl)c1.Oc1cccc(C(Cl)(Cl)Cl)c1.[Zr+2].c1cc[cH-]c1.c1cc[cH-]c1. The molecule has 4 aromatic carbocycles. The minimum absolute atomic E-state index is 0. The monoisotopic (exact) mass is 640 g/mol. The van der Waals surface area contributed by atoms with Crippen molar-refractivity contribution in [3.8, 4) is 11.5 Å². The van der Waals surface area contributed by atoms with Crippen LogP contribution in [0.5, 0.6) is 11.5 Å². The molecule has 0 aliphatic heterocycles. The maximum atomic E-state index is 9.00. The molecule has 0 saturated carbocycles. The molecule has 2 nitrogen and oxygen atoms in total. The van der Waals surface area contributed by atoms with Crippen molar-refractivity contribution in [2.75, 3.05) is 0 Å². The first kappa shape index (κ1) is 32.4. The number of rotatable bonds is 0. The molecule has 4 rings (SSSR count). The summed E-state index contributed by atoms with van der Waals surface area (Å²) in [7, 11) is 0. The van der Waals surface area contributed by atoms with Crippen molar-refractivity contribution in [1.82, 2.24) is 0 Å². The quantitative estimate of drug-likeness (QED) is 0.148. The second kappa shape index (κ2) is 16.9. The van der Waals surface area contributed by atoms with Crippen LogP contribution < -0.4 is 0 Å². The van der Waals surface area contributed by atoms with E-state index in [2.05, 4.69) is 0 Å². The molecule has 0 heterocycles. The van der Waals surface area contributed by atoms with Crippen molar-refractivity contribution in [1.29, 1.82) is 0 Å². The van der Waals surface area contributed by atoms with Gasteiger partial charge in [0.05, 0.1) is 0 Å². The Labute approximate surface area is 243 Å². The molecule has 9 heteroatoms. The molecule has 174 valence electrons. The predicted octanol–water partition coefficient (Wildman–Crippen LogP) is 9.25. The number of phenols is 2. The third kappa shape index (κ3) is 15.8. The maximum absolute atomic E-state index is 9.00. The summed E-state index contributed by atoms with van der Waals surface area (Å²) >= 11 is 33.3. The Morgan fingerprint density at radius 3 is 0.970 bits per heavy atom. The molecule has 0 bridgehead atoms. The molecule has 0 aliphatic carbocycles. The molecule has 0 unspecified atom stereocenters. The van der Waals surface area contributed by atoms with Gasteiger partial charge in [-0.05, 0) is 24.3 Å². The average molecular weight is 644 g/mol. The Morgan fingerprint density at radius 1 is 0.515 bits per heavy atom. The van der Waals surface area contributed by atoms with Gasteiger partial charge in [0.25, 0.3) is 0 Å². The second-order valence-electron chi connectivity index (χ2n) is 6.02. The van der Waals surface area contributed by atoms with Crippen molar-refractivity contribution in [2.24, 2.45) is 0 Å². The van der Waals surface area contributed by atoms with Crippen LogP contribution in [0.3, 0.4) is 0 Å². The van der Waals surface area contributed by atoms with Gasteiger partial charge >= 0.3 is 26.2 Å². The van der Waals surface area contributed by atoms with Crippen LogP contribution in [-0.4, -0.2) is 10.2 Å². The van der Waals surface area contributed by atoms with Gasteiger partial charge in [0.15, 0.2) is 0 Å². The average Bonchev–Trinajstić information content (AvgIpc) is 3.46. The van der Waals surface area contributed by atoms with E-state index in [1.807, 2.05) is 60.7 Å². The van der Waals surface area contributed by atoms with E-state index in [1.54, 1.807) is 24.3 Å². The summed E-state index contributed by atoms with van der Waals surface area (Å²) in [6.07, 6.45) is 0. The van der Waals surface area contributed by atoms with E-state index < -0.39 is 7.59 Å². The first-order valence-corrected chi connectivity index (χ1v) is 11.3. The molecule has 0 fully saturated rings. The van der Waals surface area contributed by atoms with Gasteiger partial charge in [0, 0.05) is 11.1 Å². The molecule has 4 aromatic rings. The smallest absolute Gasteiger partial charge is 0.508 e. The summed E-state index contributed by atoms with van der Waals surface area (Å²) in [5, 5.41) is 18.0. The van der Waals surface area contributed by atoms with Gasteiger partial charge in [0.2, 0.25) is 7.59 Å². The molecule has 0 atom stereocenters. The van der Waals surface area contributed by atoms with Crippen molar-refractivity contribution in [2.45, 2.75) is 7.59 Å². The standard InChI is InChI=1S/2C7H5Cl3O.2C5H5.Zr/c2*8-7(9,10)5-2-1-3-6(11)4-5;2*1-2-4-5-3-1;/h2*1-4,11H;2*1-5H;/q;;2*-1;+2. The van der Waals surface area contributed by atoms with E-state index in [4.69, 9.17) is 79.8 Å². The zero-order chi connectivity index (χ0) is 24.0. The van der Waals surface area contributed by atoms with Gasteiger partial charge in [-0.1, -0.05) is 93.9 Å². The summed E-state index contributed by atoms with van der Waals surface area (Å²) in [6.45, 7) is 0. The molecule has 0 spiro atoms. The fraction of sp³-hybridized carbons (Fsp3) is 0.0833. The third-order valence-corrected chi connectivity index (χ3v) is 4.77. The van der Waals surface area contributed by atoms with Gasteiger partial charge in [0.1, 0.15) is 11.5 Å². The van der Waals surface area contributed by atoms with Gasteiger partial charge in [-0.3, -0.25) is 0 Å². The topological polar surface area (TPSA) is 40.5 Å². The first-order chi connectivity index (χ1) is 15.0. The fourth-order valence-corrected chi connectivity index (χ4v) is 2.71. The van der Waals surface area contributed by atoms with Crippen LogP contribution in [-0.2, 0) is 33.8 Å². The summed E-state index contributed by atoms with van der Waals surface area (Å²) in [4.78, 5) is 0. The Bertz CT molecular complexity index is 863. The fourth-order valence-electron chi connectivity index (χ4n) is 2.01. The number of hydrogen-bond acceptors (Lipinski definition) is 2. The van der Waals surface area contributed by atoms with Crippen LogP contribution in [0.1, 0.15) is 11.1 Å².